The number of carbonyl (C=O) groups is 1. The highest BCUT2D eigenvalue weighted by molar-refractivity contribution is 5.95. The number of aromatic nitrogens is 1. The topological polar surface area (TPSA) is 57.2 Å². The summed E-state index contributed by atoms with van der Waals surface area (Å²) in [5.41, 5.74) is 12.8. The number of rotatable bonds is 6. The molecule has 2 aromatic carbocycles. The van der Waals surface area contributed by atoms with Gasteiger partial charge in [-0.2, -0.15) is 0 Å². The van der Waals surface area contributed by atoms with Crippen LogP contribution in [0.1, 0.15) is 32.7 Å². The number of methoxy groups -OCH3 is 1. The first-order valence-electron chi connectivity index (χ1n) is 9.11. The van der Waals surface area contributed by atoms with Crippen molar-refractivity contribution in [3.63, 3.8) is 0 Å². The van der Waals surface area contributed by atoms with Crippen LogP contribution in [0.5, 0.6) is 5.75 Å². The molecule has 0 spiro atoms. The monoisotopic (exact) mass is 362 g/mol. The molecule has 0 atom stereocenters. The lowest BCUT2D eigenvalue weighted by Gasteiger charge is -2.14. The molecule has 3 aromatic rings. The second-order valence-electron chi connectivity index (χ2n) is 6.96. The molecule has 1 amide bonds. The van der Waals surface area contributed by atoms with E-state index in [2.05, 4.69) is 42.7 Å². The Balaban J connectivity index is 2.01. The largest absolute Gasteiger partial charge is 0.497 e. The number of ether oxygens (including phenoxy) is 1. The summed E-state index contributed by atoms with van der Waals surface area (Å²) in [5.74, 6) is 0.461. The Morgan fingerprint density at radius 3 is 2.52 bits per heavy atom. The van der Waals surface area contributed by atoms with Crippen molar-refractivity contribution in [2.45, 2.75) is 33.7 Å². The third kappa shape index (κ3) is 3.90. The van der Waals surface area contributed by atoms with Crippen molar-refractivity contribution in [3.05, 3.63) is 76.5 Å². The Kier molecular flexibility index (Phi) is 5.36. The fourth-order valence-corrected chi connectivity index (χ4v) is 3.58. The minimum atomic E-state index is -0.390. The van der Waals surface area contributed by atoms with Gasteiger partial charge in [-0.3, -0.25) is 4.79 Å². The van der Waals surface area contributed by atoms with Gasteiger partial charge in [-0.05, 0) is 56.5 Å². The summed E-state index contributed by atoms with van der Waals surface area (Å²) in [6, 6.07) is 16.4. The number of benzene rings is 2. The van der Waals surface area contributed by atoms with Crippen LogP contribution in [0.3, 0.4) is 0 Å². The summed E-state index contributed by atoms with van der Waals surface area (Å²) in [7, 11) is 1.67. The number of hydrogen-bond donors (Lipinski definition) is 1. The van der Waals surface area contributed by atoms with Gasteiger partial charge in [-0.15, -0.1) is 0 Å². The van der Waals surface area contributed by atoms with Crippen molar-refractivity contribution in [2.75, 3.05) is 7.11 Å². The van der Waals surface area contributed by atoms with Gasteiger partial charge in [-0.1, -0.05) is 35.9 Å². The van der Waals surface area contributed by atoms with E-state index in [1.807, 2.05) is 31.2 Å². The number of primary amides is 1. The number of amides is 1. The Bertz CT molecular complexity index is 986. The van der Waals surface area contributed by atoms with Crippen LogP contribution in [-0.2, 0) is 13.0 Å². The zero-order chi connectivity index (χ0) is 19.6. The lowest BCUT2D eigenvalue weighted by molar-refractivity contribution is 0.0999. The average molecular weight is 362 g/mol. The van der Waals surface area contributed by atoms with E-state index in [1.54, 1.807) is 7.11 Å². The van der Waals surface area contributed by atoms with Gasteiger partial charge in [0.05, 0.1) is 12.7 Å². The molecule has 140 valence electrons. The molecule has 4 heteroatoms. The van der Waals surface area contributed by atoms with Crippen LogP contribution < -0.4 is 10.5 Å². The van der Waals surface area contributed by atoms with Crippen LogP contribution in [0.2, 0.25) is 0 Å². The van der Waals surface area contributed by atoms with Gasteiger partial charge in [0, 0.05) is 23.5 Å². The molecule has 27 heavy (non-hydrogen) atoms. The fraction of sp³-hybridized carbons (Fsp3) is 0.261. The second kappa shape index (κ2) is 7.70. The van der Waals surface area contributed by atoms with Crippen LogP contribution >= 0.6 is 0 Å². The standard InChI is InChI=1S/C23H26N2O2/c1-15-8-9-20(16(2)12-15)22-14-21(23(24)26)17(3)25(22)11-10-18-6-5-7-19(13-18)27-4/h5-9,12-14H,10-11H2,1-4H3,(H2,24,26). The summed E-state index contributed by atoms with van der Waals surface area (Å²) in [6.07, 6.45) is 0.836. The van der Waals surface area contributed by atoms with Gasteiger partial charge < -0.3 is 15.0 Å². The van der Waals surface area contributed by atoms with E-state index in [9.17, 15) is 4.79 Å². The highest BCUT2D eigenvalue weighted by Gasteiger charge is 2.18. The minimum absolute atomic E-state index is 0.390. The lowest BCUT2D eigenvalue weighted by atomic mass is 10.0. The quantitative estimate of drug-likeness (QED) is 0.705. The number of aryl methyl sites for hydroxylation is 3. The third-order valence-corrected chi connectivity index (χ3v) is 5.05. The summed E-state index contributed by atoms with van der Waals surface area (Å²) >= 11 is 0. The Morgan fingerprint density at radius 2 is 1.85 bits per heavy atom. The minimum Gasteiger partial charge on any atom is -0.497 e. The van der Waals surface area contributed by atoms with Crippen LogP contribution in [0, 0.1) is 20.8 Å². The van der Waals surface area contributed by atoms with Gasteiger partial charge >= 0.3 is 0 Å². The molecule has 0 aliphatic carbocycles. The fourth-order valence-electron chi connectivity index (χ4n) is 3.58. The molecule has 0 fully saturated rings. The number of hydrogen-bond acceptors (Lipinski definition) is 2. The van der Waals surface area contributed by atoms with Crippen LogP contribution in [0.4, 0.5) is 0 Å². The van der Waals surface area contributed by atoms with Crippen molar-refractivity contribution >= 4 is 5.91 Å². The number of carbonyl (C=O) groups excluding carboxylic acids is 1. The predicted molar refractivity (Wildman–Crippen MR) is 109 cm³/mol. The van der Waals surface area contributed by atoms with Gasteiger partial charge in [0.2, 0.25) is 0 Å². The highest BCUT2D eigenvalue weighted by atomic mass is 16.5. The zero-order valence-electron chi connectivity index (χ0n) is 16.4. The molecule has 3 rings (SSSR count). The first-order valence-corrected chi connectivity index (χ1v) is 9.11. The van der Waals surface area contributed by atoms with Gasteiger partial charge in [0.1, 0.15) is 5.75 Å². The normalized spacial score (nSPS) is 10.8. The van der Waals surface area contributed by atoms with Crippen molar-refractivity contribution in [1.82, 2.24) is 4.57 Å². The van der Waals surface area contributed by atoms with Crippen LogP contribution in [-0.4, -0.2) is 17.6 Å². The summed E-state index contributed by atoms with van der Waals surface area (Å²) < 4.78 is 7.51. The molecule has 0 saturated heterocycles. The Labute approximate surface area is 160 Å². The SMILES string of the molecule is COc1cccc(CCn2c(-c3ccc(C)cc3C)cc(C(N)=O)c2C)c1. The van der Waals surface area contributed by atoms with Gasteiger partial charge in [0.15, 0.2) is 0 Å². The molecule has 1 heterocycles. The molecule has 0 saturated carbocycles. The van der Waals surface area contributed by atoms with E-state index in [0.717, 1.165) is 35.7 Å². The number of nitrogens with two attached hydrogens (primary N) is 1. The lowest BCUT2D eigenvalue weighted by Crippen LogP contribution is -2.13. The smallest absolute Gasteiger partial charge is 0.250 e. The molecule has 0 radical (unpaired) electrons. The maximum absolute atomic E-state index is 11.9. The van der Waals surface area contributed by atoms with Crippen molar-refractivity contribution in [1.29, 1.82) is 0 Å². The van der Waals surface area contributed by atoms with Gasteiger partial charge in [-0.25, -0.2) is 0 Å². The van der Waals surface area contributed by atoms with Crippen molar-refractivity contribution in [2.24, 2.45) is 5.73 Å². The number of nitrogens with zero attached hydrogens (tertiary/aromatic N) is 1. The first-order chi connectivity index (χ1) is 12.9. The third-order valence-electron chi connectivity index (χ3n) is 5.05. The molecule has 0 aliphatic rings. The summed E-state index contributed by atoms with van der Waals surface area (Å²) in [4.78, 5) is 11.9. The van der Waals surface area contributed by atoms with Crippen molar-refractivity contribution < 1.29 is 9.53 Å². The highest BCUT2D eigenvalue weighted by Crippen LogP contribution is 2.29. The van der Waals surface area contributed by atoms with Crippen molar-refractivity contribution in [3.8, 4) is 17.0 Å². The van der Waals surface area contributed by atoms with E-state index >= 15 is 0 Å². The second-order valence-corrected chi connectivity index (χ2v) is 6.96. The Hall–Kier alpha value is -3.01. The van der Waals surface area contributed by atoms with E-state index in [1.165, 1.54) is 16.7 Å². The molecule has 2 N–H and O–H groups in total. The Morgan fingerprint density at radius 1 is 1.07 bits per heavy atom. The molecule has 0 aliphatic heterocycles. The van der Waals surface area contributed by atoms with E-state index in [-0.39, 0.29) is 0 Å². The maximum atomic E-state index is 11.9. The summed E-state index contributed by atoms with van der Waals surface area (Å²) in [6.45, 7) is 6.90. The van der Waals surface area contributed by atoms with E-state index in [4.69, 9.17) is 10.5 Å². The molecular formula is C23H26N2O2. The molecule has 0 unspecified atom stereocenters. The van der Waals surface area contributed by atoms with Crippen LogP contribution in [0.15, 0.2) is 48.5 Å². The zero-order valence-corrected chi connectivity index (χ0v) is 16.4. The maximum Gasteiger partial charge on any atom is 0.250 e. The molecular weight excluding hydrogens is 336 g/mol. The first kappa shape index (κ1) is 18.8. The predicted octanol–water partition coefficient (Wildman–Crippen LogP) is 4.43. The molecule has 4 nitrogen and oxygen atoms in total. The van der Waals surface area contributed by atoms with Gasteiger partial charge in [0.25, 0.3) is 5.91 Å². The molecule has 1 aromatic heterocycles. The molecule has 0 bridgehead atoms. The average Bonchev–Trinajstić information content (AvgIpc) is 2.96. The van der Waals surface area contributed by atoms with E-state index < -0.39 is 5.91 Å². The summed E-state index contributed by atoms with van der Waals surface area (Å²) in [5, 5.41) is 0. The van der Waals surface area contributed by atoms with Crippen LogP contribution in [0.25, 0.3) is 11.3 Å². The van der Waals surface area contributed by atoms with E-state index in [0.29, 0.717) is 5.56 Å².